The van der Waals surface area contributed by atoms with E-state index >= 15 is 0 Å². The molecule has 1 N–H and O–H groups in total. The van der Waals surface area contributed by atoms with Crippen molar-refractivity contribution in [1.82, 2.24) is 29.9 Å². The molecule has 1 aromatic heterocycles. The fourth-order valence-electron chi connectivity index (χ4n) is 5.86. The van der Waals surface area contributed by atoms with Gasteiger partial charge in [-0.1, -0.05) is 44.2 Å². The van der Waals surface area contributed by atoms with Crippen molar-refractivity contribution in [1.29, 1.82) is 0 Å². The van der Waals surface area contributed by atoms with Gasteiger partial charge in [-0.15, -0.1) is 10.2 Å². The van der Waals surface area contributed by atoms with Crippen LogP contribution in [0, 0.1) is 12.8 Å². The van der Waals surface area contributed by atoms with Gasteiger partial charge in [0.1, 0.15) is 23.5 Å². The molecule has 2 aliphatic heterocycles. The number of hydrogen-bond donors (Lipinski definition) is 1. The number of aldehydes is 1. The van der Waals surface area contributed by atoms with E-state index in [9.17, 15) is 9.59 Å². The molecule has 0 saturated carbocycles. The topological polar surface area (TPSA) is 92.6 Å². The molecule has 2 fully saturated rings. The van der Waals surface area contributed by atoms with Crippen LogP contribution < -0.4 is 5.32 Å². The zero-order valence-electron chi connectivity index (χ0n) is 26.6. The summed E-state index contributed by atoms with van der Waals surface area (Å²) in [5.74, 6) is 2.56. The first kappa shape index (κ1) is 32.7. The summed E-state index contributed by atoms with van der Waals surface area (Å²) in [5.41, 5.74) is 0.924. The first-order chi connectivity index (χ1) is 19.3. The molecule has 9 heteroatoms. The van der Waals surface area contributed by atoms with Crippen LogP contribution in [-0.4, -0.2) is 81.3 Å². The number of amides is 1. The largest absolute Gasteiger partial charge is 0.444 e. The van der Waals surface area contributed by atoms with Gasteiger partial charge in [-0.3, -0.25) is 4.90 Å². The number of ether oxygens (including phenoxy) is 1. The molecule has 9 nitrogen and oxygen atoms in total. The lowest BCUT2D eigenvalue weighted by molar-refractivity contribution is -0.115. The Morgan fingerprint density at radius 2 is 1.80 bits per heavy atom. The summed E-state index contributed by atoms with van der Waals surface area (Å²) in [6, 6.07) is 13.0. The van der Waals surface area contributed by atoms with E-state index < -0.39 is 5.60 Å². The number of hydrogen-bond acceptors (Lipinski definition) is 7. The maximum atomic E-state index is 11.3. The molecule has 0 radical (unpaired) electrons. The minimum absolute atomic E-state index is 0.00696. The van der Waals surface area contributed by atoms with Crippen LogP contribution in [0.1, 0.15) is 103 Å². The number of aromatic nitrogens is 3. The Kier molecular flexibility index (Phi) is 11.5. The first-order valence-electron chi connectivity index (χ1n) is 15.2. The highest BCUT2D eigenvalue weighted by Gasteiger charge is 2.37. The third-order valence-corrected chi connectivity index (χ3v) is 8.09. The maximum absolute atomic E-state index is 11.3. The Hall–Kier alpha value is -2.78. The summed E-state index contributed by atoms with van der Waals surface area (Å²) >= 11 is 0. The van der Waals surface area contributed by atoms with E-state index in [4.69, 9.17) is 4.74 Å². The number of carbonyl (C=O) groups is 2. The smallest absolute Gasteiger partial charge is 0.410 e. The predicted octanol–water partition coefficient (Wildman–Crippen LogP) is 5.53. The van der Waals surface area contributed by atoms with Crippen LogP contribution in [0.4, 0.5) is 4.79 Å². The van der Waals surface area contributed by atoms with Crippen LogP contribution in [0.25, 0.3) is 0 Å². The molecule has 3 heterocycles. The number of rotatable bonds is 10. The van der Waals surface area contributed by atoms with Crippen LogP contribution >= 0.6 is 0 Å². The summed E-state index contributed by atoms with van der Waals surface area (Å²) < 4.78 is 7.46. The second-order valence-corrected chi connectivity index (χ2v) is 13.0. The highest BCUT2D eigenvalue weighted by atomic mass is 16.6. The van der Waals surface area contributed by atoms with E-state index in [1.54, 1.807) is 0 Å². The lowest BCUT2D eigenvalue weighted by Crippen LogP contribution is -2.55. The quantitative estimate of drug-likeness (QED) is 0.377. The Balaban J connectivity index is 0.000000298. The van der Waals surface area contributed by atoms with E-state index in [1.807, 2.05) is 20.8 Å². The number of nitrogens with one attached hydrogen (secondary N) is 1. The molecule has 0 bridgehead atoms. The van der Waals surface area contributed by atoms with Crippen molar-refractivity contribution < 1.29 is 14.3 Å². The van der Waals surface area contributed by atoms with Gasteiger partial charge < -0.3 is 24.3 Å². The fourth-order valence-corrected chi connectivity index (χ4v) is 5.86. The molecule has 1 aromatic carbocycles. The van der Waals surface area contributed by atoms with Crippen molar-refractivity contribution in [3.05, 3.63) is 47.5 Å². The second-order valence-electron chi connectivity index (χ2n) is 13.0. The molecule has 2 aliphatic rings. The van der Waals surface area contributed by atoms with Crippen molar-refractivity contribution in [3.63, 3.8) is 0 Å². The molecule has 41 heavy (non-hydrogen) atoms. The van der Waals surface area contributed by atoms with Crippen LogP contribution in [0.3, 0.4) is 0 Å². The fraction of sp³-hybridized carbons (Fsp3) is 0.688. The second kappa shape index (κ2) is 14.4. The van der Waals surface area contributed by atoms with Gasteiger partial charge in [0.2, 0.25) is 0 Å². The van der Waals surface area contributed by atoms with Gasteiger partial charge in [-0.25, -0.2) is 4.79 Å². The maximum Gasteiger partial charge on any atom is 0.410 e. The normalized spacial score (nSPS) is 20.9. The van der Waals surface area contributed by atoms with Gasteiger partial charge in [0, 0.05) is 49.7 Å². The molecule has 2 saturated heterocycles. The molecular formula is C32H52N6O3. The van der Waals surface area contributed by atoms with Gasteiger partial charge in [-0.2, -0.15) is 0 Å². The van der Waals surface area contributed by atoms with Crippen molar-refractivity contribution in [2.45, 2.75) is 110 Å². The Labute approximate surface area is 247 Å². The Bertz CT molecular complexity index is 1110. The number of nitrogens with zero attached hydrogens (tertiary/aromatic N) is 5. The summed E-state index contributed by atoms with van der Waals surface area (Å²) in [5, 5.41) is 12.3. The molecule has 2 aromatic rings. The van der Waals surface area contributed by atoms with Gasteiger partial charge in [-0.05, 0) is 73.4 Å². The monoisotopic (exact) mass is 568 g/mol. The minimum atomic E-state index is -0.455. The van der Waals surface area contributed by atoms with E-state index in [0.717, 1.165) is 30.9 Å². The number of aryl methyl sites for hydroxylation is 1. The zero-order valence-corrected chi connectivity index (χ0v) is 26.6. The van der Waals surface area contributed by atoms with E-state index in [-0.39, 0.29) is 12.0 Å². The predicted molar refractivity (Wildman–Crippen MR) is 163 cm³/mol. The van der Waals surface area contributed by atoms with E-state index in [2.05, 4.69) is 97.0 Å². The van der Waals surface area contributed by atoms with Crippen LogP contribution in [0.2, 0.25) is 0 Å². The van der Waals surface area contributed by atoms with Crippen molar-refractivity contribution in [3.8, 4) is 0 Å². The standard InChI is InChI=1S/C23H37N5.C9H15NO3/c1-16(2)23-26-25-19(5)28(23)18(4)15-21-14-17(3)27(21)13-12-22(24-6)20-10-8-7-9-11-20;1-9(2,3)13-8(12)10-4-7(5-10)6-11/h7-11,16-18,21-22,24H,12-15H2,1-6H3;6-7H,4-5H2,1-3H3. The summed E-state index contributed by atoms with van der Waals surface area (Å²) in [6.07, 6.45) is 4.14. The molecular weight excluding hydrogens is 516 g/mol. The lowest BCUT2D eigenvalue weighted by Gasteiger charge is -2.49. The van der Waals surface area contributed by atoms with Crippen LogP contribution in [0.15, 0.2) is 30.3 Å². The van der Waals surface area contributed by atoms with E-state index in [0.29, 0.717) is 43.2 Å². The molecule has 1 amide bonds. The average Bonchev–Trinajstić information content (AvgIpc) is 3.27. The molecule has 4 unspecified atom stereocenters. The van der Waals surface area contributed by atoms with Crippen molar-refractivity contribution in [2.24, 2.45) is 5.92 Å². The number of carbonyl (C=O) groups excluding carboxylic acids is 2. The zero-order chi connectivity index (χ0) is 30.3. The summed E-state index contributed by atoms with van der Waals surface area (Å²) in [4.78, 5) is 25.8. The summed E-state index contributed by atoms with van der Waals surface area (Å²) in [7, 11) is 2.07. The van der Waals surface area contributed by atoms with Gasteiger partial charge in [0.05, 0.1) is 5.92 Å². The first-order valence-corrected chi connectivity index (χ1v) is 15.2. The van der Waals surface area contributed by atoms with Crippen LogP contribution in [-0.2, 0) is 9.53 Å². The Morgan fingerprint density at radius 3 is 2.34 bits per heavy atom. The average molecular weight is 569 g/mol. The molecule has 4 atom stereocenters. The van der Waals surface area contributed by atoms with Crippen LogP contribution in [0.5, 0.6) is 0 Å². The number of benzene rings is 1. The molecule has 4 rings (SSSR count). The molecule has 0 aliphatic carbocycles. The highest BCUT2D eigenvalue weighted by Crippen LogP contribution is 2.34. The van der Waals surface area contributed by atoms with Gasteiger partial charge in [0.25, 0.3) is 0 Å². The molecule has 0 spiro atoms. The lowest BCUT2D eigenvalue weighted by atomic mass is 9.88. The van der Waals surface area contributed by atoms with Crippen molar-refractivity contribution in [2.75, 3.05) is 26.7 Å². The number of likely N-dealkylation sites (tertiary alicyclic amines) is 2. The van der Waals surface area contributed by atoms with Gasteiger partial charge in [0.15, 0.2) is 0 Å². The molecule has 228 valence electrons. The minimum Gasteiger partial charge on any atom is -0.444 e. The highest BCUT2D eigenvalue weighted by molar-refractivity contribution is 5.71. The Morgan fingerprint density at radius 1 is 1.15 bits per heavy atom. The van der Waals surface area contributed by atoms with Gasteiger partial charge >= 0.3 is 6.09 Å². The SMILES string of the molecule is CC(C)(C)OC(=O)N1CC(C=O)C1.CNC(CCN1C(C)CC1CC(C)n1c(C)nnc1C(C)C)c1ccccc1. The van der Waals surface area contributed by atoms with E-state index in [1.165, 1.54) is 23.3 Å². The van der Waals surface area contributed by atoms with Crippen molar-refractivity contribution >= 4 is 12.4 Å². The third kappa shape index (κ3) is 8.85. The summed E-state index contributed by atoms with van der Waals surface area (Å²) in [6.45, 7) is 18.8. The third-order valence-electron chi connectivity index (χ3n) is 8.09.